The fourth-order valence-electron chi connectivity index (χ4n) is 0.434. The molecule has 0 unspecified atom stereocenters. The van der Waals surface area contributed by atoms with Crippen LogP contribution in [-0.2, 0) is 4.57 Å². The van der Waals surface area contributed by atoms with Gasteiger partial charge in [0.25, 0.3) is 0 Å². The SMILES string of the molecule is C=C(CCC)P(=O)(O)O. The molecule has 0 aliphatic rings. The predicted molar refractivity (Wildman–Crippen MR) is 36.1 cm³/mol. The quantitative estimate of drug-likeness (QED) is 0.599. The van der Waals surface area contributed by atoms with E-state index in [1.54, 1.807) is 0 Å². The monoisotopic (exact) mass is 150 g/mol. The van der Waals surface area contributed by atoms with E-state index in [9.17, 15) is 4.57 Å². The zero-order chi connectivity index (χ0) is 7.49. The molecule has 54 valence electrons. The third-order valence-electron chi connectivity index (χ3n) is 0.951. The average molecular weight is 150 g/mol. The minimum absolute atomic E-state index is 0.0324. The maximum Gasteiger partial charge on any atom is 0.351 e. The molecule has 0 aromatic heterocycles. The Hall–Kier alpha value is -0.110. The molecule has 0 amide bonds. The molecule has 0 atom stereocenters. The van der Waals surface area contributed by atoms with Crippen molar-refractivity contribution in [3.8, 4) is 0 Å². The van der Waals surface area contributed by atoms with Crippen LogP contribution in [0.25, 0.3) is 0 Å². The molecule has 0 aromatic rings. The minimum atomic E-state index is -3.97. The summed E-state index contributed by atoms with van der Waals surface area (Å²) >= 11 is 0. The fraction of sp³-hybridized carbons (Fsp3) is 0.600. The standard InChI is InChI=1S/C5H11O3P/c1-3-4-5(2)9(6,7)8/h2-4H2,1H3,(H2,6,7,8). The molecule has 4 heteroatoms. The molecule has 0 saturated carbocycles. The zero-order valence-electron chi connectivity index (χ0n) is 5.37. The molecule has 9 heavy (non-hydrogen) atoms. The summed E-state index contributed by atoms with van der Waals surface area (Å²) in [5.74, 6) is 0. The van der Waals surface area contributed by atoms with Crippen LogP contribution in [0.15, 0.2) is 11.9 Å². The van der Waals surface area contributed by atoms with Crippen LogP contribution in [0.3, 0.4) is 0 Å². The van der Waals surface area contributed by atoms with Gasteiger partial charge in [-0.25, -0.2) is 0 Å². The number of hydrogen-bond donors (Lipinski definition) is 2. The Kier molecular flexibility index (Phi) is 3.12. The van der Waals surface area contributed by atoms with Gasteiger partial charge in [-0.1, -0.05) is 19.9 Å². The fourth-order valence-corrected chi connectivity index (χ4v) is 0.949. The van der Waals surface area contributed by atoms with Crippen LogP contribution >= 0.6 is 7.60 Å². The molecule has 0 fully saturated rings. The Morgan fingerprint density at radius 3 is 2.22 bits per heavy atom. The van der Waals surface area contributed by atoms with Gasteiger partial charge in [0.15, 0.2) is 0 Å². The Balaban J connectivity index is 3.90. The zero-order valence-corrected chi connectivity index (χ0v) is 6.27. The Bertz CT molecular complexity index is 146. The molecule has 2 N–H and O–H groups in total. The highest BCUT2D eigenvalue weighted by Crippen LogP contribution is 2.45. The first-order valence-corrected chi connectivity index (χ1v) is 4.33. The second kappa shape index (κ2) is 3.16. The van der Waals surface area contributed by atoms with Gasteiger partial charge in [-0.3, -0.25) is 4.57 Å². The summed E-state index contributed by atoms with van der Waals surface area (Å²) in [5.41, 5.74) is 0. The largest absolute Gasteiger partial charge is 0.351 e. The molecule has 3 nitrogen and oxygen atoms in total. The minimum Gasteiger partial charge on any atom is -0.321 e. The third-order valence-corrected chi connectivity index (χ3v) is 2.00. The van der Waals surface area contributed by atoms with Crippen LogP contribution in [0, 0.1) is 0 Å². The lowest BCUT2D eigenvalue weighted by molar-refractivity contribution is 0.380. The molecule has 0 aliphatic carbocycles. The molecular weight excluding hydrogens is 139 g/mol. The van der Waals surface area contributed by atoms with Crippen LogP contribution in [-0.4, -0.2) is 9.79 Å². The van der Waals surface area contributed by atoms with Crippen molar-refractivity contribution in [2.75, 3.05) is 0 Å². The van der Waals surface area contributed by atoms with Gasteiger partial charge >= 0.3 is 7.60 Å². The summed E-state index contributed by atoms with van der Waals surface area (Å²) in [6, 6.07) is 0. The molecule has 0 rings (SSSR count). The summed E-state index contributed by atoms with van der Waals surface area (Å²) in [4.78, 5) is 16.9. The van der Waals surface area contributed by atoms with Gasteiger partial charge in [-0.2, -0.15) is 0 Å². The Labute approximate surface area is 54.6 Å². The smallest absolute Gasteiger partial charge is 0.321 e. The maximum absolute atomic E-state index is 10.3. The van der Waals surface area contributed by atoms with Crippen molar-refractivity contribution in [1.29, 1.82) is 0 Å². The van der Waals surface area contributed by atoms with Crippen LogP contribution in [0.5, 0.6) is 0 Å². The van der Waals surface area contributed by atoms with Gasteiger partial charge in [-0.15, -0.1) is 0 Å². The second-order valence-corrected chi connectivity index (χ2v) is 3.58. The topological polar surface area (TPSA) is 57.5 Å². The predicted octanol–water partition coefficient (Wildman–Crippen LogP) is 1.48. The highest BCUT2D eigenvalue weighted by Gasteiger charge is 2.16. The van der Waals surface area contributed by atoms with E-state index < -0.39 is 7.60 Å². The third kappa shape index (κ3) is 3.46. The van der Waals surface area contributed by atoms with E-state index in [-0.39, 0.29) is 5.31 Å². The maximum atomic E-state index is 10.3. The molecule has 0 aliphatic heterocycles. The van der Waals surface area contributed by atoms with E-state index in [1.807, 2.05) is 6.92 Å². The van der Waals surface area contributed by atoms with Gasteiger partial charge in [0, 0.05) is 5.31 Å². The lowest BCUT2D eigenvalue weighted by Gasteiger charge is -2.03. The van der Waals surface area contributed by atoms with Gasteiger partial charge in [0.1, 0.15) is 0 Å². The normalized spacial score (nSPS) is 11.4. The summed E-state index contributed by atoms with van der Waals surface area (Å²) in [7, 11) is -3.97. The van der Waals surface area contributed by atoms with E-state index in [0.29, 0.717) is 6.42 Å². The summed E-state index contributed by atoms with van der Waals surface area (Å²) in [6.07, 6.45) is 1.13. The summed E-state index contributed by atoms with van der Waals surface area (Å²) in [5, 5.41) is 0.0324. The highest BCUT2D eigenvalue weighted by atomic mass is 31.2. The molecule has 0 spiro atoms. The van der Waals surface area contributed by atoms with E-state index in [4.69, 9.17) is 9.79 Å². The van der Waals surface area contributed by atoms with Crippen molar-refractivity contribution in [1.82, 2.24) is 0 Å². The van der Waals surface area contributed by atoms with Crippen LogP contribution in [0.4, 0.5) is 0 Å². The lowest BCUT2D eigenvalue weighted by atomic mass is 10.3. The Morgan fingerprint density at radius 2 is 2.11 bits per heavy atom. The van der Waals surface area contributed by atoms with Gasteiger partial charge < -0.3 is 9.79 Å². The van der Waals surface area contributed by atoms with E-state index in [0.717, 1.165) is 6.42 Å². The number of allylic oxidation sites excluding steroid dienone is 1. The lowest BCUT2D eigenvalue weighted by Crippen LogP contribution is -1.82. The van der Waals surface area contributed by atoms with Crippen LogP contribution in [0.2, 0.25) is 0 Å². The van der Waals surface area contributed by atoms with Crippen LogP contribution < -0.4 is 0 Å². The summed E-state index contributed by atoms with van der Waals surface area (Å²) in [6.45, 7) is 5.10. The van der Waals surface area contributed by atoms with Crippen molar-refractivity contribution in [3.05, 3.63) is 11.9 Å². The van der Waals surface area contributed by atoms with Crippen molar-refractivity contribution in [2.45, 2.75) is 19.8 Å². The van der Waals surface area contributed by atoms with Crippen molar-refractivity contribution in [3.63, 3.8) is 0 Å². The van der Waals surface area contributed by atoms with Gasteiger partial charge in [-0.05, 0) is 6.42 Å². The van der Waals surface area contributed by atoms with Gasteiger partial charge in [0.2, 0.25) is 0 Å². The Morgan fingerprint density at radius 1 is 1.67 bits per heavy atom. The first kappa shape index (κ1) is 8.89. The first-order valence-electron chi connectivity index (χ1n) is 2.72. The first-order chi connectivity index (χ1) is 3.98. The van der Waals surface area contributed by atoms with Crippen molar-refractivity contribution in [2.24, 2.45) is 0 Å². The number of hydrogen-bond acceptors (Lipinski definition) is 1. The van der Waals surface area contributed by atoms with E-state index in [1.165, 1.54) is 0 Å². The van der Waals surface area contributed by atoms with Crippen molar-refractivity contribution < 1.29 is 14.4 Å². The highest BCUT2D eigenvalue weighted by molar-refractivity contribution is 7.56. The average Bonchev–Trinajstić information content (AvgIpc) is 1.64. The van der Waals surface area contributed by atoms with Crippen molar-refractivity contribution >= 4 is 7.60 Å². The molecule has 0 aromatic carbocycles. The molecule has 0 bridgehead atoms. The number of rotatable bonds is 3. The second-order valence-electron chi connectivity index (χ2n) is 1.86. The van der Waals surface area contributed by atoms with E-state index >= 15 is 0 Å². The van der Waals surface area contributed by atoms with Crippen LogP contribution in [0.1, 0.15) is 19.8 Å². The molecule has 0 saturated heterocycles. The van der Waals surface area contributed by atoms with E-state index in [2.05, 4.69) is 6.58 Å². The molecular formula is C5H11O3P. The molecule has 0 heterocycles. The van der Waals surface area contributed by atoms with Gasteiger partial charge in [0.05, 0.1) is 0 Å². The molecule has 0 radical (unpaired) electrons. The summed E-state index contributed by atoms with van der Waals surface area (Å²) < 4.78 is 10.3.